The number of ether oxygens (including phenoxy) is 3. The smallest absolute Gasteiger partial charge is 0.280 e. The van der Waals surface area contributed by atoms with Gasteiger partial charge >= 0.3 is 0 Å². The zero-order chi connectivity index (χ0) is 17.8. The highest BCUT2D eigenvalue weighted by atomic mass is 32.1. The molecule has 0 aliphatic carbocycles. The maximum Gasteiger partial charge on any atom is 0.280 e. The first-order valence-corrected chi connectivity index (χ1v) is 8.00. The third kappa shape index (κ3) is 3.13. The van der Waals surface area contributed by atoms with Crippen LogP contribution < -0.4 is 14.2 Å². The first-order chi connectivity index (χ1) is 12.2. The maximum absolute atomic E-state index is 9.48. The lowest BCUT2D eigenvalue weighted by atomic mass is 10.1. The van der Waals surface area contributed by atoms with Crippen molar-refractivity contribution in [1.82, 2.24) is 10.1 Å². The molecule has 0 radical (unpaired) electrons. The quantitative estimate of drug-likeness (QED) is 0.409. The standard InChI is InChI=1S/C16H15N3O5S/c1-21-10-7-9(8-11(22-2)14(10)23-3)13(18-20)16-17-15(19-24-16)12-5-4-6-25-12/h4-8,20H,1-3H3/b18-13-. The molecule has 0 saturated carbocycles. The first kappa shape index (κ1) is 16.8. The summed E-state index contributed by atoms with van der Waals surface area (Å²) in [6, 6.07) is 7.02. The van der Waals surface area contributed by atoms with Crippen LogP contribution in [0.3, 0.4) is 0 Å². The van der Waals surface area contributed by atoms with E-state index in [4.69, 9.17) is 18.7 Å². The molecule has 2 aromatic heterocycles. The van der Waals surface area contributed by atoms with Crippen LogP contribution in [0.15, 0.2) is 39.3 Å². The summed E-state index contributed by atoms with van der Waals surface area (Å²) in [5.41, 5.74) is 0.563. The van der Waals surface area contributed by atoms with Gasteiger partial charge < -0.3 is 23.9 Å². The highest BCUT2D eigenvalue weighted by Gasteiger charge is 2.22. The number of aromatic nitrogens is 2. The van der Waals surface area contributed by atoms with Crippen LogP contribution in [0.25, 0.3) is 10.7 Å². The Kier molecular flexibility index (Phi) is 4.85. The second-order valence-corrected chi connectivity index (χ2v) is 5.71. The van der Waals surface area contributed by atoms with E-state index in [1.807, 2.05) is 17.5 Å². The summed E-state index contributed by atoms with van der Waals surface area (Å²) in [6.07, 6.45) is 0. The minimum absolute atomic E-state index is 0.0696. The zero-order valence-electron chi connectivity index (χ0n) is 13.7. The van der Waals surface area contributed by atoms with Gasteiger partial charge in [-0.3, -0.25) is 0 Å². The van der Waals surface area contributed by atoms with Crippen LogP contribution in [-0.2, 0) is 0 Å². The van der Waals surface area contributed by atoms with Crippen LogP contribution >= 0.6 is 11.3 Å². The predicted molar refractivity (Wildman–Crippen MR) is 91.1 cm³/mol. The van der Waals surface area contributed by atoms with E-state index < -0.39 is 0 Å². The molecule has 1 aromatic carbocycles. The summed E-state index contributed by atoms with van der Waals surface area (Å²) < 4.78 is 21.1. The molecule has 130 valence electrons. The summed E-state index contributed by atoms with van der Waals surface area (Å²) in [6.45, 7) is 0. The van der Waals surface area contributed by atoms with Crippen molar-refractivity contribution >= 4 is 17.0 Å². The highest BCUT2D eigenvalue weighted by Crippen LogP contribution is 2.38. The van der Waals surface area contributed by atoms with Crippen molar-refractivity contribution < 1.29 is 23.9 Å². The van der Waals surface area contributed by atoms with Gasteiger partial charge in [0, 0.05) is 5.56 Å². The van der Waals surface area contributed by atoms with Crippen molar-refractivity contribution in [3.8, 4) is 28.0 Å². The van der Waals surface area contributed by atoms with E-state index in [1.54, 1.807) is 12.1 Å². The molecule has 8 nitrogen and oxygen atoms in total. The van der Waals surface area contributed by atoms with Crippen molar-refractivity contribution in [2.24, 2.45) is 5.16 Å². The molecule has 0 amide bonds. The van der Waals surface area contributed by atoms with Gasteiger partial charge in [-0.25, -0.2) is 0 Å². The number of hydrogen-bond donors (Lipinski definition) is 1. The number of thiophene rings is 1. The fourth-order valence-corrected chi connectivity index (χ4v) is 2.92. The van der Waals surface area contributed by atoms with Crippen LogP contribution in [0.4, 0.5) is 0 Å². The number of methoxy groups -OCH3 is 3. The fraction of sp³-hybridized carbons (Fsp3) is 0.188. The average Bonchev–Trinajstić information content (AvgIpc) is 3.33. The normalized spacial score (nSPS) is 11.4. The summed E-state index contributed by atoms with van der Waals surface area (Å²) in [4.78, 5) is 5.13. The van der Waals surface area contributed by atoms with Crippen molar-refractivity contribution in [1.29, 1.82) is 0 Å². The summed E-state index contributed by atoms with van der Waals surface area (Å²) in [7, 11) is 4.50. The van der Waals surface area contributed by atoms with Crippen molar-refractivity contribution in [2.75, 3.05) is 21.3 Å². The van der Waals surface area contributed by atoms with E-state index in [0.29, 0.717) is 28.6 Å². The van der Waals surface area contributed by atoms with Crippen LogP contribution in [0.1, 0.15) is 11.5 Å². The Morgan fingerprint density at radius 1 is 1.16 bits per heavy atom. The van der Waals surface area contributed by atoms with Gasteiger partial charge in [-0.2, -0.15) is 4.98 Å². The lowest BCUT2D eigenvalue weighted by Gasteiger charge is -2.13. The highest BCUT2D eigenvalue weighted by molar-refractivity contribution is 7.13. The Morgan fingerprint density at radius 2 is 1.88 bits per heavy atom. The molecule has 25 heavy (non-hydrogen) atoms. The Hall–Kier alpha value is -3.07. The van der Waals surface area contributed by atoms with Gasteiger partial charge in [0.05, 0.1) is 26.2 Å². The molecule has 1 N–H and O–H groups in total. The van der Waals surface area contributed by atoms with E-state index in [2.05, 4.69) is 15.3 Å². The van der Waals surface area contributed by atoms with Crippen LogP contribution in [0, 0.1) is 0 Å². The molecule has 2 heterocycles. The van der Waals surface area contributed by atoms with Gasteiger partial charge in [-0.1, -0.05) is 16.4 Å². The third-order valence-electron chi connectivity index (χ3n) is 3.41. The number of nitrogens with zero attached hydrogens (tertiary/aromatic N) is 3. The Morgan fingerprint density at radius 3 is 2.40 bits per heavy atom. The van der Waals surface area contributed by atoms with Gasteiger partial charge in [0.1, 0.15) is 0 Å². The van der Waals surface area contributed by atoms with Gasteiger partial charge in [-0.15, -0.1) is 11.3 Å². The number of benzene rings is 1. The molecule has 0 unspecified atom stereocenters. The van der Waals surface area contributed by atoms with E-state index >= 15 is 0 Å². The molecule has 3 aromatic rings. The van der Waals surface area contributed by atoms with Gasteiger partial charge in [0.2, 0.25) is 11.6 Å². The van der Waals surface area contributed by atoms with Crippen molar-refractivity contribution in [3.63, 3.8) is 0 Å². The molecular formula is C16H15N3O5S. The molecular weight excluding hydrogens is 346 g/mol. The SMILES string of the molecule is COc1cc(/C(=N/O)c2nc(-c3cccs3)no2)cc(OC)c1OC. The zero-order valence-corrected chi connectivity index (χ0v) is 14.5. The molecule has 0 fully saturated rings. The van der Waals surface area contributed by atoms with Crippen LogP contribution in [0.2, 0.25) is 0 Å². The molecule has 0 spiro atoms. The van der Waals surface area contributed by atoms with Gasteiger partial charge in [0.25, 0.3) is 5.89 Å². The van der Waals surface area contributed by atoms with E-state index in [9.17, 15) is 5.21 Å². The molecule has 0 aliphatic rings. The Bertz CT molecular complexity index is 864. The van der Waals surface area contributed by atoms with Crippen LogP contribution in [0.5, 0.6) is 17.2 Å². The molecule has 3 rings (SSSR count). The summed E-state index contributed by atoms with van der Waals surface area (Å²) in [5.74, 6) is 1.74. The van der Waals surface area contributed by atoms with E-state index in [1.165, 1.54) is 32.7 Å². The Labute approximate surface area is 147 Å². The van der Waals surface area contributed by atoms with E-state index in [0.717, 1.165) is 4.88 Å². The number of rotatable bonds is 6. The first-order valence-electron chi connectivity index (χ1n) is 7.12. The largest absolute Gasteiger partial charge is 0.493 e. The predicted octanol–water partition coefficient (Wildman–Crippen LogP) is 3.05. The van der Waals surface area contributed by atoms with Crippen molar-refractivity contribution in [2.45, 2.75) is 0 Å². The lowest BCUT2D eigenvalue weighted by molar-refractivity contribution is 0.315. The minimum atomic E-state index is 0.0696. The van der Waals surface area contributed by atoms with E-state index in [-0.39, 0.29) is 11.6 Å². The lowest BCUT2D eigenvalue weighted by Crippen LogP contribution is -2.06. The summed E-state index contributed by atoms with van der Waals surface area (Å²) >= 11 is 1.48. The summed E-state index contributed by atoms with van der Waals surface area (Å²) in [5, 5.41) is 18.6. The molecule has 0 saturated heterocycles. The van der Waals surface area contributed by atoms with Crippen LogP contribution in [-0.4, -0.2) is 42.4 Å². The maximum atomic E-state index is 9.48. The third-order valence-corrected chi connectivity index (χ3v) is 4.27. The second-order valence-electron chi connectivity index (χ2n) is 4.76. The second kappa shape index (κ2) is 7.22. The van der Waals surface area contributed by atoms with Gasteiger partial charge in [-0.05, 0) is 23.6 Å². The van der Waals surface area contributed by atoms with Gasteiger partial charge in [0.15, 0.2) is 17.2 Å². The topological polar surface area (TPSA) is 99.2 Å². The molecule has 9 heteroatoms. The molecule has 0 bridgehead atoms. The molecule has 0 aliphatic heterocycles. The monoisotopic (exact) mass is 361 g/mol. The number of oxime groups is 1. The number of hydrogen-bond acceptors (Lipinski definition) is 9. The minimum Gasteiger partial charge on any atom is -0.493 e. The fourth-order valence-electron chi connectivity index (χ4n) is 2.27. The molecule has 0 atom stereocenters. The average molecular weight is 361 g/mol. The Balaban J connectivity index is 2.05. The van der Waals surface area contributed by atoms with Crippen molar-refractivity contribution in [3.05, 3.63) is 41.1 Å².